The second kappa shape index (κ2) is 6.56. The van der Waals surface area contributed by atoms with Crippen LogP contribution in [0.1, 0.15) is 53.8 Å². The van der Waals surface area contributed by atoms with Gasteiger partial charge >= 0.3 is 5.97 Å². The molecule has 116 valence electrons. The maximum atomic E-state index is 12.2. The molecule has 2 rings (SSSR count). The van der Waals surface area contributed by atoms with Crippen LogP contribution in [0.25, 0.3) is 0 Å². The van der Waals surface area contributed by atoms with Gasteiger partial charge in [0.05, 0.1) is 16.7 Å². The fourth-order valence-corrected chi connectivity index (χ4v) is 2.84. The van der Waals surface area contributed by atoms with Gasteiger partial charge in [0.1, 0.15) is 11.8 Å². The number of nitrogens with one attached hydrogen (secondary N) is 1. The number of nitrogens with zero attached hydrogens (tertiary/aromatic N) is 2. The van der Waals surface area contributed by atoms with E-state index in [0.29, 0.717) is 24.1 Å². The average Bonchev–Trinajstić information content (AvgIpc) is 2.53. The number of nitriles is 1. The molecule has 1 saturated carbocycles. The second-order valence-corrected chi connectivity index (χ2v) is 5.77. The van der Waals surface area contributed by atoms with Crippen LogP contribution in [-0.2, 0) is 4.79 Å². The van der Waals surface area contributed by atoms with Crippen LogP contribution in [0.4, 0.5) is 0 Å². The first kappa shape index (κ1) is 16.0. The van der Waals surface area contributed by atoms with Crippen LogP contribution in [0.2, 0.25) is 0 Å². The molecule has 0 saturated heterocycles. The molecule has 0 unspecified atom stereocenters. The maximum absolute atomic E-state index is 12.2. The van der Waals surface area contributed by atoms with E-state index in [1.807, 2.05) is 6.07 Å². The van der Waals surface area contributed by atoms with E-state index in [1.54, 1.807) is 13.0 Å². The van der Waals surface area contributed by atoms with Gasteiger partial charge < -0.3 is 10.4 Å². The van der Waals surface area contributed by atoms with Crippen molar-refractivity contribution in [2.24, 2.45) is 5.41 Å². The monoisotopic (exact) mass is 301 g/mol. The summed E-state index contributed by atoms with van der Waals surface area (Å²) in [6.07, 6.45) is 3.96. The van der Waals surface area contributed by atoms with Gasteiger partial charge in [-0.3, -0.25) is 9.59 Å². The van der Waals surface area contributed by atoms with Gasteiger partial charge in [0.15, 0.2) is 0 Å². The normalized spacial score (nSPS) is 16.5. The lowest BCUT2D eigenvalue weighted by atomic mass is 9.74. The number of rotatable bonds is 4. The van der Waals surface area contributed by atoms with Gasteiger partial charge in [-0.25, -0.2) is 4.98 Å². The Morgan fingerprint density at radius 2 is 2.05 bits per heavy atom. The Morgan fingerprint density at radius 3 is 2.59 bits per heavy atom. The van der Waals surface area contributed by atoms with Gasteiger partial charge in [-0.05, 0) is 31.9 Å². The lowest BCUT2D eigenvalue weighted by Crippen LogP contribution is -2.44. The lowest BCUT2D eigenvalue weighted by molar-refractivity contribution is -0.150. The molecule has 0 atom stereocenters. The molecule has 0 spiro atoms. The first-order chi connectivity index (χ1) is 10.5. The smallest absolute Gasteiger partial charge is 0.311 e. The number of aromatic nitrogens is 1. The average molecular weight is 301 g/mol. The van der Waals surface area contributed by atoms with Gasteiger partial charge in [0.25, 0.3) is 5.91 Å². The maximum Gasteiger partial charge on any atom is 0.311 e. The molecule has 1 fully saturated rings. The standard InChI is InChI=1S/C16H19N3O3/c1-11-12(9-17)5-6-13(19-11)14(20)18-10-16(15(21)22)7-3-2-4-8-16/h5-6H,2-4,7-8,10H2,1H3,(H,18,20)(H,21,22). The SMILES string of the molecule is Cc1nc(C(=O)NCC2(C(=O)O)CCCCC2)ccc1C#N. The van der Waals surface area contributed by atoms with Crippen molar-refractivity contribution in [1.29, 1.82) is 5.26 Å². The van der Waals surface area contributed by atoms with Crippen LogP contribution in [0, 0.1) is 23.7 Å². The first-order valence-corrected chi connectivity index (χ1v) is 7.38. The Kier molecular flexibility index (Phi) is 4.76. The molecule has 6 nitrogen and oxygen atoms in total. The largest absolute Gasteiger partial charge is 0.481 e. The van der Waals surface area contributed by atoms with Crippen LogP contribution in [0.15, 0.2) is 12.1 Å². The van der Waals surface area contributed by atoms with Crippen molar-refractivity contribution in [3.8, 4) is 6.07 Å². The van der Waals surface area contributed by atoms with Gasteiger partial charge in [0, 0.05) is 6.54 Å². The Hall–Kier alpha value is -2.42. The number of carboxylic acid groups (broad SMARTS) is 1. The number of aliphatic carboxylic acids is 1. The summed E-state index contributed by atoms with van der Waals surface area (Å²) < 4.78 is 0. The second-order valence-electron chi connectivity index (χ2n) is 5.77. The number of aryl methyl sites for hydroxylation is 1. The highest BCUT2D eigenvalue weighted by Crippen LogP contribution is 2.36. The number of pyridine rings is 1. The third-order valence-corrected chi connectivity index (χ3v) is 4.29. The van der Waals surface area contributed by atoms with Gasteiger partial charge in [-0.15, -0.1) is 0 Å². The quantitative estimate of drug-likeness (QED) is 0.885. The Morgan fingerprint density at radius 1 is 1.36 bits per heavy atom. The molecule has 1 aliphatic rings. The number of carbonyl (C=O) groups excluding carboxylic acids is 1. The number of hydrogen-bond acceptors (Lipinski definition) is 4. The van der Waals surface area contributed by atoms with Crippen LogP contribution in [0.5, 0.6) is 0 Å². The van der Waals surface area contributed by atoms with Crippen LogP contribution in [-0.4, -0.2) is 28.5 Å². The van der Waals surface area contributed by atoms with Crippen molar-refractivity contribution >= 4 is 11.9 Å². The van der Waals surface area contributed by atoms with Crippen LogP contribution >= 0.6 is 0 Å². The summed E-state index contributed by atoms with van der Waals surface area (Å²) in [5.74, 6) is -1.25. The van der Waals surface area contributed by atoms with Crippen molar-refractivity contribution in [3.63, 3.8) is 0 Å². The molecular formula is C16H19N3O3. The van der Waals surface area contributed by atoms with Crippen molar-refractivity contribution in [1.82, 2.24) is 10.3 Å². The molecule has 0 radical (unpaired) electrons. The van der Waals surface area contributed by atoms with E-state index in [9.17, 15) is 14.7 Å². The Bertz CT molecular complexity index is 628. The molecule has 0 aromatic carbocycles. The molecule has 1 heterocycles. The van der Waals surface area contributed by atoms with Crippen molar-refractivity contribution in [3.05, 3.63) is 29.1 Å². The zero-order chi connectivity index (χ0) is 16.2. The molecule has 2 N–H and O–H groups in total. The number of carbonyl (C=O) groups is 2. The summed E-state index contributed by atoms with van der Waals surface area (Å²) in [5.41, 5.74) is 0.245. The zero-order valence-corrected chi connectivity index (χ0v) is 12.6. The van der Waals surface area contributed by atoms with E-state index in [1.165, 1.54) is 6.07 Å². The fraction of sp³-hybridized carbons (Fsp3) is 0.500. The minimum absolute atomic E-state index is 0.113. The zero-order valence-electron chi connectivity index (χ0n) is 12.6. The summed E-state index contributed by atoms with van der Waals surface area (Å²) in [6, 6.07) is 5.02. The minimum Gasteiger partial charge on any atom is -0.481 e. The molecule has 1 amide bonds. The topological polar surface area (TPSA) is 103 Å². The molecule has 1 aliphatic carbocycles. The van der Waals surface area contributed by atoms with E-state index in [4.69, 9.17) is 5.26 Å². The Labute approximate surface area is 129 Å². The highest BCUT2D eigenvalue weighted by atomic mass is 16.4. The van der Waals surface area contributed by atoms with Crippen molar-refractivity contribution in [2.45, 2.75) is 39.0 Å². The number of carboxylic acids is 1. The molecule has 0 aliphatic heterocycles. The van der Waals surface area contributed by atoms with E-state index in [2.05, 4.69) is 10.3 Å². The van der Waals surface area contributed by atoms with E-state index in [-0.39, 0.29) is 12.2 Å². The summed E-state index contributed by atoms with van der Waals surface area (Å²) in [4.78, 5) is 27.8. The van der Waals surface area contributed by atoms with Crippen molar-refractivity contribution in [2.75, 3.05) is 6.54 Å². The summed E-state index contributed by atoms with van der Waals surface area (Å²) in [7, 11) is 0. The van der Waals surface area contributed by atoms with E-state index >= 15 is 0 Å². The predicted octanol–water partition coefficient (Wildman–Crippen LogP) is 2.03. The van der Waals surface area contributed by atoms with E-state index < -0.39 is 17.3 Å². The number of amides is 1. The highest BCUT2D eigenvalue weighted by Gasteiger charge is 2.39. The minimum atomic E-state index is -0.866. The summed E-state index contributed by atoms with van der Waals surface area (Å²) >= 11 is 0. The summed E-state index contributed by atoms with van der Waals surface area (Å²) in [6.45, 7) is 1.77. The van der Waals surface area contributed by atoms with Gasteiger partial charge in [-0.1, -0.05) is 19.3 Å². The highest BCUT2D eigenvalue weighted by molar-refractivity contribution is 5.92. The number of hydrogen-bond donors (Lipinski definition) is 2. The van der Waals surface area contributed by atoms with E-state index in [0.717, 1.165) is 19.3 Å². The van der Waals surface area contributed by atoms with Crippen LogP contribution in [0.3, 0.4) is 0 Å². The molecule has 6 heteroatoms. The van der Waals surface area contributed by atoms with Crippen LogP contribution < -0.4 is 5.32 Å². The molecule has 1 aromatic rings. The lowest BCUT2D eigenvalue weighted by Gasteiger charge is -2.33. The fourth-order valence-electron chi connectivity index (χ4n) is 2.84. The molecule has 1 aromatic heterocycles. The molecule has 0 bridgehead atoms. The third kappa shape index (κ3) is 3.25. The first-order valence-electron chi connectivity index (χ1n) is 7.38. The van der Waals surface area contributed by atoms with Crippen molar-refractivity contribution < 1.29 is 14.7 Å². The summed E-state index contributed by atoms with van der Waals surface area (Å²) in [5, 5.41) is 21.0. The van der Waals surface area contributed by atoms with Gasteiger partial charge in [-0.2, -0.15) is 5.26 Å². The Balaban J connectivity index is 2.07. The molecular weight excluding hydrogens is 282 g/mol. The third-order valence-electron chi connectivity index (χ3n) is 4.29. The predicted molar refractivity (Wildman–Crippen MR) is 79.2 cm³/mol. The molecule has 22 heavy (non-hydrogen) atoms. The van der Waals surface area contributed by atoms with Gasteiger partial charge in [0.2, 0.25) is 0 Å².